The second-order valence-electron chi connectivity index (χ2n) is 8.35. The van der Waals surface area contributed by atoms with Crippen molar-refractivity contribution in [3.05, 3.63) is 98.9 Å². The molecule has 1 aliphatic heterocycles. The highest BCUT2D eigenvalue weighted by molar-refractivity contribution is 7.97. The number of anilines is 2. The van der Waals surface area contributed by atoms with Gasteiger partial charge < -0.3 is 9.64 Å². The summed E-state index contributed by atoms with van der Waals surface area (Å²) < 4.78 is 33.0. The number of nitrogens with zero attached hydrogens (tertiary/aromatic N) is 3. The standard InChI is InChI=1S/C26H25N3O6S/c1-4-35-23-14-12-21(13-15-23)28-25(30)24(16-18-8-10-20(11-9-18)27(2)3)36(33,34)26(28)19-6-5-7-22(17-19)29(31)32/h5-17,26H,4H2,1-3H3/b24-16+/t26-/m1/s1. The van der Waals surface area contributed by atoms with Crippen molar-refractivity contribution < 1.29 is 22.9 Å². The van der Waals surface area contributed by atoms with Crippen LogP contribution in [0.25, 0.3) is 6.08 Å². The van der Waals surface area contributed by atoms with E-state index in [0.717, 1.165) is 10.6 Å². The van der Waals surface area contributed by atoms with E-state index < -0.39 is 26.0 Å². The van der Waals surface area contributed by atoms with E-state index in [1.54, 1.807) is 36.4 Å². The quantitative estimate of drug-likeness (QED) is 0.262. The van der Waals surface area contributed by atoms with E-state index in [4.69, 9.17) is 4.74 Å². The van der Waals surface area contributed by atoms with Gasteiger partial charge in [-0.2, -0.15) is 0 Å². The van der Waals surface area contributed by atoms with Crippen LogP contribution in [0.3, 0.4) is 0 Å². The highest BCUT2D eigenvalue weighted by Crippen LogP contribution is 2.44. The van der Waals surface area contributed by atoms with Gasteiger partial charge in [0.15, 0.2) is 5.37 Å². The Morgan fingerprint density at radius 2 is 1.72 bits per heavy atom. The summed E-state index contributed by atoms with van der Waals surface area (Å²) in [6.07, 6.45) is 1.34. The number of rotatable bonds is 7. The van der Waals surface area contributed by atoms with Crippen LogP contribution in [-0.4, -0.2) is 40.0 Å². The predicted molar refractivity (Wildman–Crippen MR) is 139 cm³/mol. The minimum atomic E-state index is -4.24. The van der Waals surface area contributed by atoms with Crippen molar-refractivity contribution in [3.8, 4) is 5.75 Å². The van der Waals surface area contributed by atoms with Gasteiger partial charge in [-0.3, -0.25) is 19.8 Å². The molecule has 0 aliphatic carbocycles. The Bertz CT molecular complexity index is 1430. The van der Waals surface area contributed by atoms with E-state index in [9.17, 15) is 23.3 Å². The smallest absolute Gasteiger partial charge is 0.271 e. The third-order valence-corrected chi connectivity index (χ3v) is 7.74. The lowest BCUT2D eigenvalue weighted by atomic mass is 10.1. The molecule has 0 unspecified atom stereocenters. The monoisotopic (exact) mass is 507 g/mol. The molecule has 1 atom stereocenters. The number of nitro benzene ring substituents is 1. The molecule has 0 N–H and O–H groups in total. The van der Waals surface area contributed by atoms with Crippen LogP contribution in [0, 0.1) is 10.1 Å². The molecule has 1 aliphatic rings. The van der Waals surface area contributed by atoms with Crippen LogP contribution >= 0.6 is 0 Å². The minimum Gasteiger partial charge on any atom is -0.494 e. The maximum atomic E-state index is 13.8. The summed E-state index contributed by atoms with van der Waals surface area (Å²) >= 11 is 0. The van der Waals surface area contributed by atoms with Crippen molar-refractivity contribution in [2.75, 3.05) is 30.5 Å². The van der Waals surface area contributed by atoms with E-state index in [0.29, 0.717) is 23.6 Å². The lowest BCUT2D eigenvalue weighted by molar-refractivity contribution is -0.384. The number of hydrogen-bond acceptors (Lipinski definition) is 7. The van der Waals surface area contributed by atoms with Crippen LogP contribution in [-0.2, 0) is 14.6 Å². The number of non-ortho nitro benzene ring substituents is 1. The molecule has 186 valence electrons. The molecule has 0 saturated carbocycles. The molecule has 10 heteroatoms. The van der Waals surface area contributed by atoms with Gasteiger partial charge in [0.1, 0.15) is 10.7 Å². The average molecular weight is 508 g/mol. The molecular formula is C26H25N3O6S. The Kier molecular flexibility index (Phi) is 6.80. The lowest BCUT2D eigenvalue weighted by Gasteiger charge is -2.23. The van der Waals surface area contributed by atoms with Crippen molar-refractivity contribution in [1.82, 2.24) is 0 Å². The van der Waals surface area contributed by atoms with E-state index in [1.807, 2.05) is 38.1 Å². The number of carbonyl (C=O) groups excluding carboxylic acids is 1. The fraction of sp³-hybridized carbons (Fsp3) is 0.192. The van der Waals surface area contributed by atoms with Crippen molar-refractivity contribution in [3.63, 3.8) is 0 Å². The van der Waals surface area contributed by atoms with Crippen molar-refractivity contribution >= 4 is 38.9 Å². The third-order valence-electron chi connectivity index (χ3n) is 5.76. The zero-order valence-corrected chi connectivity index (χ0v) is 20.8. The van der Waals surface area contributed by atoms with Gasteiger partial charge in [0.2, 0.25) is 9.84 Å². The van der Waals surface area contributed by atoms with E-state index in [1.165, 1.54) is 30.3 Å². The molecule has 3 aromatic rings. The van der Waals surface area contributed by atoms with Crippen molar-refractivity contribution in [2.45, 2.75) is 12.3 Å². The number of benzene rings is 3. The molecule has 36 heavy (non-hydrogen) atoms. The molecule has 0 bridgehead atoms. The van der Waals surface area contributed by atoms with E-state index >= 15 is 0 Å². The zero-order valence-electron chi connectivity index (χ0n) is 20.0. The normalized spacial score (nSPS) is 17.9. The molecule has 0 spiro atoms. The van der Waals surface area contributed by atoms with E-state index in [2.05, 4.69) is 0 Å². The molecule has 0 radical (unpaired) electrons. The SMILES string of the molecule is CCOc1ccc(N2C(=O)/C(=C\c3ccc(N(C)C)cc3)S(=O)(=O)[C@@H]2c2cccc([N+](=O)[O-])c2)cc1. The number of nitro groups is 1. The number of carbonyl (C=O) groups is 1. The molecule has 9 nitrogen and oxygen atoms in total. The van der Waals surface area contributed by atoms with Crippen LogP contribution in [0.1, 0.15) is 23.4 Å². The number of sulfone groups is 1. The van der Waals surface area contributed by atoms with Gasteiger partial charge >= 0.3 is 0 Å². The molecule has 0 aromatic heterocycles. The van der Waals surface area contributed by atoms with Crippen LogP contribution in [0.2, 0.25) is 0 Å². The topological polar surface area (TPSA) is 110 Å². The Labute approximate surface area is 209 Å². The van der Waals surface area contributed by atoms with Gasteiger partial charge in [0.05, 0.1) is 11.5 Å². The Morgan fingerprint density at radius 1 is 1.06 bits per heavy atom. The number of amides is 1. The van der Waals surface area contributed by atoms with Gasteiger partial charge in [0.25, 0.3) is 11.6 Å². The van der Waals surface area contributed by atoms with Gasteiger partial charge in [-0.25, -0.2) is 8.42 Å². The highest BCUT2D eigenvalue weighted by Gasteiger charge is 2.50. The Morgan fingerprint density at radius 3 is 2.31 bits per heavy atom. The summed E-state index contributed by atoms with van der Waals surface area (Å²) in [7, 11) is -0.470. The van der Waals surface area contributed by atoms with Crippen LogP contribution in [0.15, 0.2) is 77.7 Å². The summed E-state index contributed by atoms with van der Waals surface area (Å²) in [5.74, 6) is -0.147. The third kappa shape index (κ3) is 4.67. The minimum absolute atomic E-state index is 0.123. The van der Waals surface area contributed by atoms with Crippen molar-refractivity contribution in [1.29, 1.82) is 0 Å². The molecular weight excluding hydrogens is 482 g/mol. The Balaban J connectivity index is 1.86. The molecule has 1 saturated heterocycles. The van der Waals surface area contributed by atoms with Crippen molar-refractivity contribution in [2.24, 2.45) is 0 Å². The maximum Gasteiger partial charge on any atom is 0.271 e. The first kappa shape index (κ1) is 24.9. The first-order chi connectivity index (χ1) is 17.1. The number of ether oxygens (including phenoxy) is 1. The summed E-state index contributed by atoms with van der Waals surface area (Å²) in [5, 5.41) is 9.91. The van der Waals surface area contributed by atoms with Crippen LogP contribution in [0.4, 0.5) is 17.1 Å². The first-order valence-electron chi connectivity index (χ1n) is 11.2. The summed E-state index contributed by atoms with van der Waals surface area (Å²) in [6, 6.07) is 18.9. The van der Waals surface area contributed by atoms with Gasteiger partial charge in [0, 0.05) is 37.6 Å². The average Bonchev–Trinajstić information content (AvgIpc) is 3.05. The molecule has 1 amide bonds. The summed E-state index contributed by atoms with van der Waals surface area (Å²) in [6.45, 7) is 2.29. The van der Waals surface area contributed by atoms with Gasteiger partial charge in [-0.05, 0) is 60.5 Å². The van der Waals surface area contributed by atoms with Crippen LogP contribution in [0.5, 0.6) is 5.75 Å². The second-order valence-corrected chi connectivity index (χ2v) is 10.3. The maximum absolute atomic E-state index is 13.8. The Hall–Kier alpha value is -4.18. The fourth-order valence-corrected chi connectivity index (χ4v) is 5.89. The highest BCUT2D eigenvalue weighted by atomic mass is 32.2. The first-order valence-corrected chi connectivity index (χ1v) is 12.7. The number of hydrogen-bond donors (Lipinski definition) is 0. The fourth-order valence-electron chi connectivity index (χ4n) is 4.01. The van der Waals surface area contributed by atoms with Gasteiger partial charge in [-0.15, -0.1) is 0 Å². The zero-order chi connectivity index (χ0) is 26.0. The molecule has 1 fully saturated rings. The summed E-state index contributed by atoms with van der Waals surface area (Å²) in [4.78, 5) is 27.1. The molecule has 1 heterocycles. The van der Waals surface area contributed by atoms with E-state index in [-0.39, 0.29) is 16.2 Å². The molecule has 4 rings (SSSR count). The lowest BCUT2D eigenvalue weighted by Crippen LogP contribution is -2.29. The van der Waals surface area contributed by atoms with Crippen LogP contribution < -0.4 is 14.5 Å². The molecule has 3 aromatic carbocycles. The second kappa shape index (κ2) is 9.82. The van der Waals surface area contributed by atoms with Gasteiger partial charge in [-0.1, -0.05) is 24.3 Å². The summed E-state index contributed by atoms with van der Waals surface area (Å²) in [5.41, 5.74) is 1.65. The largest absolute Gasteiger partial charge is 0.494 e. The predicted octanol–water partition coefficient (Wildman–Crippen LogP) is 4.56.